The molecule has 168 valence electrons. The highest BCUT2D eigenvalue weighted by molar-refractivity contribution is 7.91. The van der Waals surface area contributed by atoms with Gasteiger partial charge in [0.1, 0.15) is 12.4 Å². The molecule has 0 radical (unpaired) electrons. The van der Waals surface area contributed by atoms with Gasteiger partial charge in [0.05, 0.1) is 16.2 Å². The predicted octanol–water partition coefficient (Wildman–Crippen LogP) is 5.13. The number of fused-ring (bicyclic) bond motifs is 1. The summed E-state index contributed by atoms with van der Waals surface area (Å²) in [5.41, 5.74) is 3.56. The molecule has 33 heavy (non-hydrogen) atoms. The number of sulfone groups is 1. The Labute approximate surface area is 196 Å². The van der Waals surface area contributed by atoms with Crippen molar-refractivity contribution in [3.05, 3.63) is 95.5 Å². The first-order valence-corrected chi connectivity index (χ1v) is 12.1. The normalized spacial score (nSPS) is 11.3. The minimum absolute atomic E-state index is 0.139. The fourth-order valence-corrected chi connectivity index (χ4v) is 4.75. The Kier molecular flexibility index (Phi) is 6.65. The molecule has 0 heterocycles. The van der Waals surface area contributed by atoms with Crippen molar-refractivity contribution in [2.24, 2.45) is 0 Å². The van der Waals surface area contributed by atoms with Crippen molar-refractivity contribution in [2.45, 2.75) is 4.90 Å². The lowest BCUT2D eigenvalue weighted by molar-refractivity contribution is 0.0704. The fraction of sp³-hybridized carbons (Fsp3) is 0.0800. The first-order chi connectivity index (χ1) is 15.9. The number of hydrogen-bond donors (Lipinski definition) is 2. The topological polar surface area (TPSA) is 92.7 Å². The smallest absolute Gasteiger partial charge is 0.279 e. The number of nitrogens with one attached hydrogen (secondary N) is 1. The van der Waals surface area contributed by atoms with Gasteiger partial charge in [0.25, 0.3) is 5.91 Å². The summed E-state index contributed by atoms with van der Waals surface area (Å²) in [6.45, 7) is -0.161. The Hall–Kier alpha value is -3.39. The van der Waals surface area contributed by atoms with Crippen LogP contribution in [0.15, 0.2) is 89.8 Å². The van der Waals surface area contributed by atoms with Crippen molar-refractivity contribution in [2.75, 3.05) is 12.4 Å². The van der Waals surface area contributed by atoms with E-state index in [2.05, 4.69) is 0 Å². The maximum Gasteiger partial charge on any atom is 0.279 e. The van der Waals surface area contributed by atoms with Gasteiger partial charge in [0.2, 0.25) is 0 Å². The lowest BCUT2D eigenvalue weighted by Crippen LogP contribution is -2.21. The molecule has 0 unspecified atom stereocenters. The minimum Gasteiger partial charge on any atom is -0.492 e. The van der Waals surface area contributed by atoms with E-state index in [1.807, 2.05) is 24.3 Å². The molecule has 0 fully saturated rings. The van der Waals surface area contributed by atoms with Gasteiger partial charge in [-0.3, -0.25) is 10.0 Å². The van der Waals surface area contributed by atoms with E-state index in [1.54, 1.807) is 66.1 Å². The van der Waals surface area contributed by atoms with Crippen molar-refractivity contribution in [3.8, 4) is 16.9 Å². The van der Waals surface area contributed by atoms with E-state index in [0.29, 0.717) is 10.4 Å². The summed E-state index contributed by atoms with van der Waals surface area (Å²) in [5, 5.41) is 11.1. The third-order valence-electron chi connectivity index (χ3n) is 5.22. The second-order valence-corrected chi connectivity index (χ2v) is 9.84. The van der Waals surface area contributed by atoms with Crippen LogP contribution in [0.1, 0.15) is 10.4 Å². The van der Waals surface area contributed by atoms with E-state index >= 15 is 0 Å². The van der Waals surface area contributed by atoms with Crippen molar-refractivity contribution in [1.29, 1.82) is 0 Å². The highest BCUT2D eigenvalue weighted by atomic mass is 35.5. The average Bonchev–Trinajstić information content (AvgIpc) is 2.84. The molecule has 4 rings (SSSR count). The van der Waals surface area contributed by atoms with Crippen LogP contribution in [0.5, 0.6) is 5.75 Å². The SMILES string of the molecule is O=C(NO)c1c(OCCS(=O)(=O)c2ccc(-c3ccc(Cl)cc3)cc2)ccc2ccccc12. The fourth-order valence-electron chi connectivity index (χ4n) is 3.54. The van der Waals surface area contributed by atoms with Crippen molar-refractivity contribution >= 4 is 38.1 Å². The van der Waals surface area contributed by atoms with Crippen LogP contribution in [-0.4, -0.2) is 31.9 Å². The van der Waals surface area contributed by atoms with E-state index in [-0.39, 0.29) is 28.6 Å². The van der Waals surface area contributed by atoms with Crippen LogP contribution in [0.3, 0.4) is 0 Å². The van der Waals surface area contributed by atoms with E-state index < -0.39 is 15.7 Å². The summed E-state index contributed by atoms with van der Waals surface area (Å²) < 4.78 is 31.2. The maximum absolute atomic E-state index is 12.8. The molecule has 0 aliphatic heterocycles. The predicted molar refractivity (Wildman–Crippen MR) is 128 cm³/mol. The maximum atomic E-state index is 12.8. The largest absolute Gasteiger partial charge is 0.492 e. The highest BCUT2D eigenvalue weighted by Gasteiger charge is 2.19. The number of halogens is 1. The van der Waals surface area contributed by atoms with Gasteiger partial charge in [-0.25, -0.2) is 13.9 Å². The number of carbonyl (C=O) groups is 1. The second kappa shape index (κ2) is 9.62. The summed E-state index contributed by atoms with van der Waals surface area (Å²) in [7, 11) is -3.61. The molecule has 4 aromatic carbocycles. The van der Waals surface area contributed by atoms with Crippen LogP contribution in [0.25, 0.3) is 21.9 Å². The van der Waals surface area contributed by atoms with E-state index in [9.17, 15) is 13.2 Å². The van der Waals surface area contributed by atoms with Crippen LogP contribution in [0, 0.1) is 0 Å². The second-order valence-electron chi connectivity index (χ2n) is 7.30. The average molecular weight is 482 g/mol. The molecule has 0 atom stereocenters. The van der Waals surface area contributed by atoms with E-state index in [1.165, 1.54) is 0 Å². The standard InChI is InChI=1S/C25H20ClNO5S/c26-20-10-5-17(6-11-20)18-7-12-21(13-8-18)33(30,31)16-15-32-23-14-9-19-3-1-2-4-22(19)24(23)25(28)27-29/h1-14,29H,15-16H2,(H,27,28). The molecule has 4 aromatic rings. The molecule has 0 aliphatic carbocycles. The summed E-state index contributed by atoms with van der Waals surface area (Å²) in [4.78, 5) is 12.4. The lowest BCUT2D eigenvalue weighted by Gasteiger charge is -2.13. The third-order valence-corrected chi connectivity index (χ3v) is 7.17. The molecule has 1 amide bonds. The molecule has 0 aliphatic rings. The third kappa shape index (κ3) is 5.01. The molecule has 0 bridgehead atoms. The molecule has 8 heteroatoms. The van der Waals surface area contributed by atoms with Crippen LogP contribution < -0.4 is 10.2 Å². The van der Waals surface area contributed by atoms with Crippen LogP contribution >= 0.6 is 11.6 Å². The Morgan fingerprint density at radius 3 is 2.18 bits per heavy atom. The summed E-state index contributed by atoms with van der Waals surface area (Å²) >= 11 is 5.92. The monoisotopic (exact) mass is 481 g/mol. The molecule has 2 N–H and O–H groups in total. The van der Waals surface area contributed by atoms with Crippen molar-refractivity contribution in [1.82, 2.24) is 5.48 Å². The molecule has 0 aromatic heterocycles. The minimum atomic E-state index is -3.61. The van der Waals surface area contributed by atoms with Crippen LogP contribution in [-0.2, 0) is 9.84 Å². The summed E-state index contributed by atoms with van der Waals surface area (Å²) in [5.74, 6) is -0.823. The van der Waals surface area contributed by atoms with Crippen molar-refractivity contribution < 1.29 is 23.2 Å². The summed E-state index contributed by atoms with van der Waals surface area (Å²) in [6, 6.07) is 24.4. The molecule has 0 saturated heterocycles. The number of benzene rings is 4. The molecule has 6 nitrogen and oxygen atoms in total. The number of carbonyl (C=O) groups excluding carboxylic acids is 1. The van der Waals surface area contributed by atoms with E-state index in [0.717, 1.165) is 16.5 Å². The highest BCUT2D eigenvalue weighted by Crippen LogP contribution is 2.28. The van der Waals surface area contributed by atoms with Gasteiger partial charge in [-0.1, -0.05) is 66.2 Å². The van der Waals surface area contributed by atoms with Crippen LogP contribution in [0.2, 0.25) is 5.02 Å². The first kappa shape index (κ1) is 22.8. The first-order valence-electron chi connectivity index (χ1n) is 10.1. The molecular formula is C25H20ClNO5S. The van der Waals surface area contributed by atoms with Crippen molar-refractivity contribution in [3.63, 3.8) is 0 Å². The van der Waals surface area contributed by atoms with Gasteiger partial charge in [-0.15, -0.1) is 0 Å². The number of hydrogen-bond acceptors (Lipinski definition) is 5. The zero-order chi connectivity index (χ0) is 23.4. The Morgan fingerprint density at radius 1 is 0.879 bits per heavy atom. The Morgan fingerprint density at radius 2 is 1.52 bits per heavy atom. The number of ether oxygens (including phenoxy) is 1. The Balaban J connectivity index is 1.50. The molecule has 0 spiro atoms. The molecule has 0 saturated carbocycles. The Bertz CT molecular complexity index is 1400. The number of hydroxylamine groups is 1. The number of amides is 1. The van der Waals surface area contributed by atoms with E-state index in [4.69, 9.17) is 21.5 Å². The van der Waals surface area contributed by atoms with Gasteiger partial charge in [-0.2, -0.15) is 0 Å². The quantitative estimate of drug-likeness (QED) is 0.282. The molecular weight excluding hydrogens is 462 g/mol. The number of rotatable bonds is 7. The van der Waals surface area contributed by atoms with Gasteiger partial charge >= 0.3 is 0 Å². The zero-order valence-electron chi connectivity index (χ0n) is 17.4. The van der Waals surface area contributed by atoms with Crippen LogP contribution in [0.4, 0.5) is 0 Å². The zero-order valence-corrected chi connectivity index (χ0v) is 18.9. The van der Waals surface area contributed by atoms with Gasteiger partial charge in [0.15, 0.2) is 9.84 Å². The van der Waals surface area contributed by atoms with Gasteiger partial charge < -0.3 is 4.74 Å². The van der Waals surface area contributed by atoms with Gasteiger partial charge in [-0.05, 0) is 52.2 Å². The van der Waals surface area contributed by atoms with Gasteiger partial charge in [0, 0.05) is 5.02 Å². The summed E-state index contributed by atoms with van der Waals surface area (Å²) in [6.07, 6.45) is 0. The lowest BCUT2D eigenvalue weighted by atomic mass is 10.0.